The summed E-state index contributed by atoms with van der Waals surface area (Å²) >= 11 is 1.69. The molecule has 3 N–H and O–H groups in total. The average molecular weight is 411 g/mol. The van der Waals surface area contributed by atoms with Gasteiger partial charge in [0.25, 0.3) is 0 Å². The van der Waals surface area contributed by atoms with Gasteiger partial charge in [-0.2, -0.15) is 0 Å². The molecule has 6 nitrogen and oxygen atoms in total. The summed E-state index contributed by atoms with van der Waals surface area (Å²) in [7, 11) is 1.96. The molecule has 3 rings (SSSR count). The molecule has 29 heavy (non-hydrogen) atoms. The van der Waals surface area contributed by atoms with E-state index in [1.54, 1.807) is 11.3 Å². The first-order chi connectivity index (χ1) is 14.0. The maximum Gasteiger partial charge on any atom is 0.328 e. The van der Waals surface area contributed by atoms with E-state index < -0.39 is 11.9 Å². The number of carboxylic acids is 2. The van der Waals surface area contributed by atoms with Gasteiger partial charge in [-0.25, -0.2) is 9.59 Å². The summed E-state index contributed by atoms with van der Waals surface area (Å²) < 4.78 is 6.08. The van der Waals surface area contributed by atoms with Gasteiger partial charge in [-0.05, 0) is 30.8 Å². The van der Waals surface area contributed by atoms with Gasteiger partial charge in [0.15, 0.2) is 5.06 Å². The Morgan fingerprint density at radius 2 is 1.52 bits per heavy atom. The van der Waals surface area contributed by atoms with Crippen molar-refractivity contribution in [3.05, 3.63) is 83.8 Å². The zero-order valence-electron chi connectivity index (χ0n) is 15.7. The summed E-state index contributed by atoms with van der Waals surface area (Å²) in [4.78, 5) is 20.4. The predicted octanol–water partition coefficient (Wildman–Crippen LogP) is 4.64. The Labute approximate surface area is 172 Å². The van der Waals surface area contributed by atoms with E-state index >= 15 is 0 Å². The van der Waals surface area contributed by atoms with E-state index in [-0.39, 0.29) is 0 Å². The van der Waals surface area contributed by atoms with Crippen LogP contribution in [0.1, 0.15) is 4.88 Å². The number of benzene rings is 2. The highest BCUT2D eigenvalue weighted by atomic mass is 32.1. The van der Waals surface area contributed by atoms with E-state index in [0.29, 0.717) is 12.2 Å². The molecule has 0 unspecified atom stereocenters. The lowest BCUT2D eigenvalue weighted by Gasteiger charge is -2.06. The SMILES string of the molecule is CNCc1cc(-c2ccccc2)c(Oc2ccccc2)s1.O=C(O)C=CC(=O)O. The van der Waals surface area contributed by atoms with Gasteiger partial charge in [-0.3, -0.25) is 0 Å². The average Bonchev–Trinajstić information content (AvgIpc) is 3.11. The zero-order chi connectivity index (χ0) is 21.1. The molecule has 0 aliphatic carbocycles. The van der Waals surface area contributed by atoms with Gasteiger partial charge in [0, 0.05) is 29.1 Å². The van der Waals surface area contributed by atoms with Gasteiger partial charge >= 0.3 is 11.9 Å². The first-order valence-electron chi connectivity index (χ1n) is 8.69. The van der Waals surface area contributed by atoms with Crippen molar-refractivity contribution >= 4 is 23.3 Å². The minimum atomic E-state index is -1.26. The lowest BCUT2D eigenvalue weighted by Crippen LogP contribution is -2.02. The van der Waals surface area contributed by atoms with Crippen LogP contribution in [0.2, 0.25) is 0 Å². The minimum absolute atomic E-state index is 0.558. The topological polar surface area (TPSA) is 95.9 Å². The number of ether oxygens (including phenoxy) is 1. The Hall–Kier alpha value is -3.42. The Balaban J connectivity index is 0.000000321. The van der Waals surface area contributed by atoms with E-state index in [1.807, 2.05) is 43.4 Å². The smallest absolute Gasteiger partial charge is 0.328 e. The van der Waals surface area contributed by atoms with Gasteiger partial charge < -0.3 is 20.3 Å². The van der Waals surface area contributed by atoms with E-state index in [0.717, 1.165) is 22.9 Å². The lowest BCUT2D eigenvalue weighted by atomic mass is 10.1. The van der Waals surface area contributed by atoms with Crippen LogP contribution >= 0.6 is 11.3 Å². The molecule has 0 aliphatic rings. The molecule has 1 heterocycles. The van der Waals surface area contributed by atoms with Crippen LogP contribution in [0.25, 0.3) is 11.1 Å². The van der Waals surface area contributed by atoms with Crippen LogP contribution in [0.4, 0.5) is 0 Å². The summed E-state index contributed by atoms with van der Waals surface area (Å²) in [6.07, 6.45) is 1.12. The molecule has 0 amide bonds. The molecule has 0 aliphatic heterocycles. The van der Waals surface area contributed by atoms with Crippen LogP contribution < -0.4 is 10.1 Å². The Bertz CT molecular complexity index is 936. The van der Waals surface area contributed by atoms with Crippen molar-refractivity contribution in [1.29, 1.82) is 0 Å². The number of rotatable bonds is 7. The number of thiophene rings is 1. The van der Waals surface area contributed by atoms with Gasteiger partial charge in [0.05, 0.1) is 0 Å². The molecule has 0 saturated carbocycles. The summed E-state index contributed by atoms with van der Waals surface area (Å²) in [6, 6.07) is 22.5. The summed E-state index contributed by atoms with van der Waals surface area (Å²) in [5.74, 6) is -1.65. The molecule has 7 heteroatoms. The van der Waals surface area contributed by atoms with Crippen molar-refractivity contribution < 1.29 is 24.5 Å². The molecule has 0 radical (unpaired) electrons. The maximum atomic E-state index is 9.55. The lowest BCUT2D eigenvalue weighted by molar-refractivity contribution is -0.134. The molecule has 0 spiro atoms. The van der Waals surface area contributed by atoms with Gasteiger partial charge in [-0.15, -0.1) is 11.3 Å². The first-order valence-corrected chi connectivity index (χ1v) is 9.50. The van der Waals surface area contributed by atoms with Crippen molar-refractivity contribution in [3.63, 3.8) is 0 Å². The quantitative estimate of drug-likeness (QED) is 0.490. The van der Waals surface area contributed by atoms with Crippen molar-refractivity contribution in [2.45, 2.75) is 6.54 Å². The molecule has 0 atom stereocenters. The second-order valence-corrected chi connectivity index (χ2v) is 6.83. The van der Waals surface area contributed by atoms with Crippen LogP contribution in [-0.4, -0.2) is 29.2 Å². The van der Waals surface area contributed by atoms with Crippen molar-refractivity contribution in [2.24, 2.45) is 0 Å². The molecule has 1 aromatic heterocycles. The van der Waals surface area contributed by atoms with Crippen LogP contribution in [0.15, 0.2) is 78.9 Å². The number of hydrogen-bond acceptors (Lipinski definition) is 5. The molecule has 0 bridgehead atoms. The first kappa shape index (κ1) is 21.9. The third kappa shape index (κ3) is 7.61. The summed E-state index contributed by atoms with van der Waals surface area (Å²) in [5, 5.41) is 19.8. The maximum absolute atomic E-state index is 9.55. The van der Waals surface area contributed by atoms with Crippen LogP contribution in [0, 0.1) is 0 Å². The fraction of sp³-hybridized carbons (Fsp3) is 0.0909. The number of carbonyl (C=O) groups is 2. The van der Waals surface area contributed by atoms with E-state index in [9.17, 15) is 9.59 Å². The fourth-order valence-electron chi connectivity index (χ4n) is 2.32. The number of hydrogen-bond donors (Lipinski definition) is 3. The second-order valence-electron chi connectivity index (χ2n) is 5.74. The molecule has 3 aromatic rings. The molecular formula is C22H21NO5S. The van der Waals surface area contributed by atoms with Gasteiger partial charge in [0.2, 0.25) is 0 Å². The normalized spacial score (nSPS) is 10.2. The van der Waals surface area contributed by atoms with E-state index in [1.165, 1.54) is 10.4 Å². The summed E-state index contributed by atoms with van der Waals surface area (Å²) in [6.45, 7) is 0.850. The largest absolute Gasteiger partial charge is 0.478 e. The highest BCUT2D eigenvalue weighted by Gasteiger charge is 2.12. The minimum Gasteiger partial charge on any atom is -0.478 e. The molecule has 0 fully saturated rings. The summed E-state index contributed by atoms with van der Waals surface area (Å²) in [5.41, 5.74) is 2.33. The Morgan fingerprint density at radius 3 is 2.03 bits per heavy atom. The fourth-order valence-corrected chi connectivity index (χ4v) is 3.37. The van der Waals surface area contributed by atoms with E-state index in [4.69, 9.17) is 14.9 Å². The molecule has 2 aromatic carbocycles. The predicted molar refractivity (Wildman–Crippen MR) is 113 cm³/mol. The van der Waals surface area contributed by atoms with Crippen molar-refractivity contribution in [2.75, 3.05) is 7.05 Å². The third-order valence-corrected chi connectivity index (χ3v) is 4.52. The molecule has 0 saturated heterocycles. The van der Waals surface area contributed by atoms with Crippen LogP contribution in [0.3, 0.4) is 0 Å². The van der Waals surface area contributed by atoms with E-state index in [2.05, 4.69) is 35.6 Å². The molecule has 150 valence electrons. The monoisotopic (exact) mass is 411 g/mol. The standard InChI is InChI=1S/C18H17NOS.C4H4O4/c1-19-13-16-12-17(14-8-4-2-5-9-14)18(21-16)20-15-10-6-3-7-11-15;5-3(6)1-2-4(7)8/h2-12,19H,13H2,1H3;1-2H,(H,5,6)(H,7,8). The van der Waals surface area contributed by atoms with Gasteiger partial charge in [-0.1, -0.05) is 48.5 Å². The highest BCUT2D eigenvalue weighted by molar-refractivity contribution is 7.14. The number of nitrogens with one attached hydrogen (secondary N) is 1. The number of carboxylic acid groups (broad SMARTS) is 2. The van der Waals surface area contributed by atoms with Crippen LogP contribution in [-0.2, 0) is 16.1 Å². The van der Waals surface area contributed by atoms with Crippen molar-refractivity contribution in [3.8, 4) is 21.9 Å². The second kappa shape index (κ2) is 11.4. The van der Waals surface area contributed by atoms with Crippen molar-refractivity contribution in [1.82, 2.24) is 5.32 Å². The Morgan fingerprint density at radius 1 is 0.966 bits per heavy atom. The highest BCUT2D eigenvalue weighted by Crippen LogP contribution is 2.40. The molecular weight excluding hydrogens is 390 g/mol. The van der Waals surface area contributed by atoms with Gasteiger partial charge in [0.1, 0.15) is 5.75 Å². The number of aliphatic carboxylic acids is 2. The number of para-hydroxylation sites is 1. The zero-order valence-corrected chi connectivity index (χ0v) is 16.6. The third-order valence-electron chi connectivity index (χ3n) is 3.51. The van der Waals surface area contributed by atoms with Crippen LogP contribution in [0.5, 0.6) is 10.8 Å². The Kier molecular flexibility index (Phi) is 8.62.